The Kier molecular flexibility index (Phi) is 3.48. The zero-order valence-electron chi connectivity index (χ0n) is 10.9. The molecule has 0 atom stereocenters. The van der Waals surface area contributed by atoms with Gasteiger partial charge in [0.2, 0.25) is 0 Å². The van der Waals surface area contributed by atoms with E-state index in [0.29, 0.717) is 15.1 Å². The van der Waals surface area contributed by atoms with Crippen molar-refractivity contribution in [3.8, 4) is 10.4 Å². The maximum Gasteiger partial charge on any atom is 0.416 e. The molecule has 3 aromatic rings. The first-order chi connectivity index (χ1) is 10.3. The van der Waals surface area contributed by atoms with Crippen LogP contribution in [0.2, 0.25) is 0 Å². The molecule has 0 amide bonds. The van der Waals surface area contributed by atoms with E-state index in [4.69, 9.17) is 0 Å². The molecule has 3 rings (SSSR count). The highest BCUT2D eigenvalue weighted by Crippen LogP contribution is 2.33. The Balaban J connectivity index is 2.11. The molecule has 22 heavy (non-hydrogen) atoms. The first-order valence-electron chi connectivity index (χ1n) is 6.26. The van der Waals surface area contributed by atoms with Gasteiger partial charge in [-0.3, -0.25) is 4.79 Å². The van der Waals surface area contributed by atoms with Crippen LogP contribution in [0.3, 0.4) is 0 Å². The van der Waals surface area contributed by atoms with Crippen LogP contribution in [0.4, 0.5) is 17.6 Å². The smallest absolute Gasteiger partial charge is 0.289 e. The van der Waals surface area contributed by atoms with Crippen molar-refractivity contribution in [1.29, 1.82) is 0 Å². The molecule has 0 unspecified atom stereocenters. The SMILES string of the molecule is O=c1cc(-c2ccc(C(F)(F)F)cc2)sc2ccc(F)cc12. The van der Waals surface area contributed by atoms with Crippen molar-refractivity contribution in [2.75, 3.05) is 0 Å². The Morgan fingerprint density at radius 1 is 0.909 bits per heavy atom. The lowest BCUT2D eigenvalue weighted by Crippen LogP contribution is -2.04. The third-order valence-electron chi connectivity index (χ3n) is 3.19. The highest BCUT2D eigenvalue weighted by Gasteiger charge is 2.30. The van der Waals surface area contributed by atoms with Crippen LogP contribution in [0, 0.1) is 5.82 Å². The van der Waals surface area contributed by atoms with E-state index >= 15 is 0 Å². The van der Waals surface area contributed by atoms with Gasteiger partial charge in [-0.1, -0.05) is 12.1 Å². The maximum atomic E-state index is 13.2. The Hall–Kier alpha value is -2.21. The predicted octanol–water partition coefficient (Wildman–Crippen LogP) is 5.09. The van der Waals surface area contributed by atoms with Crippen LogP contribution in [0.25, 0.3) is 20.5 Å². The molecule has 0 saturated heterocycles. The van der Waals surface area contributed by atoms with Crippen molar-refractivity contribution in [2.45, 2.75) is 6.18 Å². The number of rotatable bonds is 1. The molecule has 0 fully saturated rings. The topological polar surface area (TPSA) is 17.1 Å². The second-order valence-electron chi connectivity index (χ2n) is 4.69. The van der Waals surface area contributed by atoms with E-state index in [2.05, 4.69) is 0 Å². The molecule has 0 N–H and O–H groups in total. The first-order valence-corrected chi connectivity index (χ1v) is 7.07. The van der Waals surface area contributed by atoms with E-state index in [-0.39, 0.29) is 10.8 Å². The minimum atomic E-state index is -4.40. The van der Waals surface area contributed by atoms with Crippen LogP contribution < -0.4 is 5.43 Å². The standard InChI is InChI=1S/C16H8F4OS/c17-11-5-6-14-12(7-11)13(21)8-15(22-14)9-1-3-10(4-2-9)16(18,19)20/h1-8H. The number of alkyl halides is 3. The van der Waals surface area contributed by atoms with Gasteiger partial charge in [0.25, 0.3) is 0 Å². The molecule has 0 aliphatic rings. The second-order valence-corrected chi connectivity index (χ2v) is 5.77. The van der Waals surface area contributed by atoms with E-state index in [1.165, 1.54) is 41.7 Å². The summed E-state index contributed by atoms with van der Waals surface area (Å²) < 4.78 is 51.4. The summed E-state index contributed by atoms with van der Waals surface area (Å²) in [7, 11) is 0. The van der Waals surface area contributed by atoms with E-state index in [1.54, 1.807) is 0 Å². The molecular formula is C16H8F4OS. The van der Waals surface area contributed by atoms with E-state index < -0.39 is 17.6 Å². The molecule has 2 aromatic carbocycles. The van der Waals surface area contributed by atoms with Crippen LogP contribution in [-0.4, -0.2) is 0 Å². The summed E-state index contributed by atoms with van der Waals surface area (Å²) in [5.74, 6) is -0.501. The maximum absolute atomic E-state index is 13.2. The summed E-state index contributed by atoms with van der Waals surface area (Å²) in [5.41, 5.74) is -0.587. The van der Waals surface area contributed by atoms with Gasteiger partial charge in [-0.2, -0.15) is 13.2 Å². The lowest BCUT2D eigenvalue weighted by atomic mass is 10.1. The van der Waals surface area contributed by atoms with Gasteiger partial charge in [0.05, 0.1) is 5.56 Å². The minimum Gasteiger partial charge on any atom is -0.289 e. The Labute approximate surface area is 126 Å². The third kappa shape index (κ3) is 2.74. The zero-order valence-corrected chi connectivity index (χ0v) is 11.8. The van der Waals surface area contributed by atoms with Gasteiger partial charge in [0, 0.05) is 21.0 Å². The normalized spacial score (nSPS) is 11.8. The third-order valence-corrected chi connectivity index (χ3v) is 4.34. The van der Waals surface area contributed by atoms with Gasteiger partial charge in [0.15, 0.2) is 5.43 Å². The van der Waals surface area contributed by atoms with Gasteiger partial charge >= 0.3 is 6.18 Å². The summed E-state index contributed by atoms with van der Waals surface area (Å²) in [6.45, 7) is 0. The van der Waals surface area contributed by atoms with E-state index in [0.717, 1.165) is 18.2 Å². The summed E-state index contributed by atoms with van der Waals surface area (Å²) in [4.78, 5) is 12.6. The fourth-order valence-electron chi connectivity index (χ4n) is 2.09. The molecule has 1 heterocycles. The number of halogens is 4. The van der Waals surface area contributed by atoms with Gasteiger partial charge in [-0.25, -0.2) is 4.39 Å². The van der Waals surface area contributed by atoms with Crippen LogP contribution in [0.5, 0.6) is 0 Å². The average Bonchev–Trinajstić information content (AvgIpc) is 2.47. The molecule has 112 valence electrons. The van der Waals surface area contributed by atoms with Crippen molar-refractivity contribution in [2.24, 2.45) is 0 Å². The molecule has 6 heteroatoms. The van der Waals surface area contributed by atoms with Gasteiger partial charge in [-0.05, 0) is 35.9 Å². The van der Waals surface area contributed by atoms with Gasteiger partial charge in [-0.15, -0.1) is 11.3 Å². The number of hydrogen-bond donors (Lipinski definition) is 0. The molecule has 0 aliphatic carbocycles. The predicted molar refractivity (Wildman–Crippen MR) is 78.5 cm³/mol. The lowest BCUT2D eigenvalue weighted by molar-refractivity contribution is -0.137. The molecule has 0 aliphatic heterocycles. The van der Waals surface area contributed by atoms with Crippen molar-refractivity contribution in [3.05, 3.63) is 70.1 Å². The van der Waals surface area contributed by atoms with Crippen LogP contribution in [0.1, 0.15) is 5.56 Å². The van der Waals surface area contributed by atoms with Gasteiger partial charge < -0.3 is 0 Å². The Bertz CT molecular complexity index is 895. The summed E-state index contributed by atoms with van der Waals surface area (Å²) >= 11 is 1.23. The number of benzene rings is 2. The fourth-order valence-corrected chi connectivity index (χ4v) is 3.16. The fraction of sp³-hybridized carbons (Fsp3) is 0.0625. The molecule has 1 nitrogen and oxygen atoms in total. The van der Waals surface area contributed by atoms with Crippen LogP contribution in [0.15, 0.2) is 53.3 Å². The summed E-state index contributed by atoms with van der Waals surface area (Å²) in [5, 5.41) is 0.265. The first kappa shape index (κ1) is 14.7. The van der Waals surface area contributed by atoms with Crippen molar-refractivity contribution < 1.29 is 17.6 Å². The number of fused-ring (bicyclic) bond motifs is 1. The Morgan fingerprint density at radius 3 is 2.23 bits per heavy atom. The quantitative estimate of drug-likeness (QED) is 0.570. The van der Waals surface area contributed by atoms with E-state index in [1.807, 2.05) is 0 Å². The van der Waals surface area contributed by atoms with Crippen LogP contribution in [-0.2, 0) is 6.18 Å². The highest BCUT2D eigenvalue weighted by molar-refractivity contribution is 7.21. The lowest BCUT2D eigenvalue weighted by Gasteiger charge is -2.08. The van der Waals surface area contributed by atoms with Crippen molar-refractivity contribution in [1.82, 2.24) is 0 Å². The van der Waals surface area contributed by atoms with Crippen molar-refractivity contribution >= 4 is 21.4 Å². The molecule has 0 spiro atoms. The molecule has 0 bridgehead atoms. The van der Waals surface area contributed by atoms with Crippen molar-refractivity contribution in [3.63, 3.8) is 0 Å². The van der Waals surface area contributed by atoms with Gasteiger partial charge in [0.1, 0.15) is 5.82 Å². The molecule has 0 saturated carbocycles. The van der Waals surface area contributed by atoms with Crippen LogP contribution >= 0.6 is 11.3 Å². The number of hydrogen-bond acceptors (Lipinski definition) is 2. The zero-order chi connectivity index (χ0) is 15.9. The summed E-state index contributed by atoms with van der Waals surface area (Å²) in [6, 6.07) is 9.80. The second kappa shape index (κ2) is 5.21. The molecule has 0 radical (unpaired) electrons. The molecule has 1 aromatic heterocycles. The highest BCUT2D eigenvalue weighted by atomic mass is 32.1. The van der Waals surface area contributed by atoms with E-state index in [9.17, 15) is 22.4 Å². The average molecular weight is 324 g/mol. The largest absolute Gasteiger partial charge is 0.416 e. The Morgan fingerprint density at radius 2 is 1.59 bits per heavy atom. The molecular weight excluding hydrogens is 316 g/mol. The minimum absolute atomic E-state index is 0.265. The monoisotopic (exact) mass is 324 g/mol. The summed E-state index contributed by atoms with van der Waals surface area (Å²) in [6.07, 6.45) is -4.40.